The van der Waals surface area contributed by atoms with Crippen LogP contribution in [0.1, 0.15) is 30.9 Å². The van der Waals surface area contributed by atoms with Crippen LogP contribution in [0, 0.1) is 18.8 Å². The van der Waals surface area contributed by atoms with Crippen LogP contribution in [0.5, 0.6) is 0 Å². The molecule has 1 aromatic rings. The van der Waals surface area contributed by atoms with Gasteiger partial charge in [0.25, 0.3) is 0 Å². The second-order valence-electron chi connectivity index (χ2n) is 7.36. The molecule has 5 heteroatoms. The molecular formula is C20H31ClN2O2. The Kier molecular flexibility index (Phi) is 7.73. The predicted octanol–water partition coefficient (Wildman–Crippen LogP) is 2.82. The highest BCUT2D eigenvalue weighted by Gasteiger charge is 2.32. The molecule has 3 rings (SSSR count). The second kappa shape index (κ2) is 9.56. The Morgan fingerprint density at radius 1 is 1.32 bits per heavy atom. The fourth-order valence-corrected chi connectivity index (χ4v) is 3.50. The first-order valence-corrected chi connectivity index (χ1v) is 9.30. The Balaban J connectivity index is 0.00000225. The maximum Gasteiger partial charge on any atom is 0.225 e. The van der Waals surface area contributed by atoms with E-state index in [0.717, 1.165) is 52.0 Å². The Morgan fingerprint density at radius 3 is 2.60 bits per heavy atom. The normalized spacial score (nSPS) is 21.3. The lowest BCUT2D eigenvalue weighted by molar-refractivity contribution is -0.139. The van der Waals surface area contributed by atoms with E-state index >= 15 is 0 Å². The van der Waals surface area contributed by atoms with Gasteiger partial charge in [-0.15, -0.1) is 12.4 Å². The zero-order valence-electron chi connectivity index (χ0n) is 15.4. The zero-order chi connectivity index (χ0) is 16.9. The summed E-state index contributed by atoms with van der Waals surface area (Å²) in [6.07, 6.45) is 3.33. The summed E-state index contributed by atoms with van der Waals surface area (Å²) in [5.74, 6) is 0.888. The van der Waals surface area contributed by atoms with Crippen molar-refractivity contribution in [2.75, 3.05) is 32.8 Å². The number of hydrogen-bond donors (Lipinski definition) is 1. The molecule has 0 bridgehead atoms. The van der Waals surface area contributed by atoms with E-state index in [1.807, 2.05) is 0 Å². The minimum Gasteiger partial charge on any atom is -0.376 e. The van der Waals surface area contributed by atoms with Gasteiger partial charge in [0, 0.05) is 25.6 Å². The number of nitrogens with one attached hydrogen (secondary N) is 1. The van der Waals surface area contributed by atoms with E-state index < -0.39 is 0 Å². The van der Waals surface area contributed by atoms with E-state index in [1.54, 1.807) is 0 Å². The highest BCUT2D eigenvalue weighted by molar-refractivity contribution is 5.85. The molecule has 2 heterocycles. The monoisotopic (exact) mass is 366 g/mol. The third-order valence-corrected chi connectivity index (χ3v) is 5.46. The number of halogens is 1. The highest BCUT2D eigenvalue weighted by atomic mass is 35.5. The summed E-state index contributed by atoms with van der Waals surface area (Å²) < 4.78 is 5.78. The standard InChI is InChI=1S/C20H30N2O2.ClH/c1-15-5-7-17(8-6-15)9-10-22(14-19-4-3-11-24-19)20(23)16(2)18-12-21-13-18;/h5-8,16,18-19,21H,3-4,9-14H2,1-2H3;1H. The van der Waals surface area contributed by atoms with Gasteiger partial charge in [-0.2, -0.15) is 0 Å². The molecule has 1 amide bonds. The van der Waals surface area contributed by atoms with Crippen LogP contribution in [-0.4, -0.2) is 49.7 Å². The number of nitrogens with zero attached hydrogens (tertiary/aromatic N) is 1. The van der Waals surface area contributed by atoms with Gasteiger partial charge in [-0.25, -0.2) is 0 Å². The van der Waals surface area contributed by atoms with E-state index in [2.05, 4.69) is 48.3 Å². The van der Waals surface area contributed by atoms with Crippen LogP contribution in [0.3, 0.4) is 0 Å². The van der Waals surface area contributed by atoms with E-state index in [9.17, 15) is 4.79 Å². The molecule has 4 nitrogen and oxygen atoms in total. The minimum atomic E-state index is 0. The molecule has 1 aromatic carbocycles. The average molecular weight is 367 g/mol. The van der Waals surface area contributed by atoms with Crippen molar-refractivity contribution in [3.63, 3.8) is 0 Å². The van der Waals surface area contributed by atoms with Crippen LogP contribution >= 0.6 is 12.4 Å². The van der Waals surface area contributed by atoms with Crippen LogP contribution < -0.4 is 5.32 Å². The molecule has 0 saturated carbocycles. The first kappa shape index (κ1) is 20.2. The van der Waals surface area contributed by atoms with Gasteiger partial charge < -0.3 is 15.0 Å². The van der Waals surface area contributed by atoms with Gasteiger partial charge in [0.2, 0.25) is 5.91 Å². The van der Waals surface area contributed by atoms with E-state index in [0.29, 0.717) is 11.8 Å². The SMILES string of the molecule is Cc1ccc(CCN(CC2CCCO2)C(=O)C(C)C2CNC2)cc1.Cl. The van der Waals surface area contributed by atoms with Crippen molar-refractivity contribution in [1.29, 1.82) is 0 Å². The van der Waals surface area contributed by atoms with Gasteiger partial charge >= 0.3 is 0 Å². The second-order valence-corrected chi connectivity index (χ2v) is 7.36. The third-order valence-electron chi connectivity index (χ3n) is 5.46. The Labute approximate surface area is 157 Å². The van der Waals surface area contributed by atoms with Crippen LogP contribution in [0.25, 0.3) is 0 Å². The Hall–Kier alpha value is -1.10. The fraction of sp³-hybridized carbons (Fsp3) is 0.650. The molecule has 140 valence electrons. The number of benzene rings is 1. The maximum atomic E-state index is 13.0. The third kappa shape index (κ3) is 5.44. The van der Waals surface area contributed by atoms with Crippen molar-refractivity contribution in [3.8, 4) is 0 Å². The van der Waals surface area contributed by atoms with Crippen LogP contribution in [0.15, 0.2) is 24.3 Å². The van der Waals surface area contributed by atoms with Gasteiger partial charge in [0.1, 0.15) is 0 Å². The number of amides is 1. The summed E-state index contributed by atoms with van der Waals surface area (Å²) >= 11 is 0. The molecule has 2 unspecified atom stereocenters. The van der Waals surface area contributed by atoms with Crippen molar-refractivity contribution >= 4 is 18.3 Å². The Morgan fingerprint density at radius 2 is 2.04 bits per heavy atom. The quantitative estimate of drug-likeness (QED) is 0.806. The van der Waals surface area contributed by atoms with Crippen molar-refractivity contribution < 1.29 is 9.53 Å². The molecule has 2 fully saturated rings. The summed E-state index contributed by atoms with van der Waals surface area (Å²) in [6, 6.07) is 8.63. The first-order valence-electron chi connectivity index (χ1n) is 9.30. The van der Waals surface area contributed by atoms with E-state index in [4.69, 9.17) is 4.74 Å². The molecule has 0 aliphatic carbocycles. The first-order chi connectivity index (χ1) is 11.6. The lowest BCUT2D eigenvalue weighted by Crippen LogP contribution is -2.51. The number of ether oxygens (including phenoxy) is 1. The molecule has 2 saturated heterocycles. The van der Waals surface area contributed by atoms with E-state index in [-0.39, 0.29) is 24.4 Å². The zero-order valence-corrected chi connectivity index (χ0v) is 16.2. The Bertz CT molecular complexity index is 539. The molecule has 0 spiro atoms. The van der Waals surface area contributed by atoms with Gasteiger partial charge in [0.05, 0.1) is 6.10 Å². The van der Waals surface area contributed by atoms with Gasteiger partial charge in [0.15, 0.2) is 0 Å². The van der Waals surface area contributed by atoms with Gasteiger partial charge in [-0.1, -0.05) is 36.8 Å². The molecule has 25 heavy (non-hydrogen) atoms. The lowest BCUT2D eigenvalue weighted by atomic mass is 9.87. The largest absolute Gasteiger partial charge is 0.376 e. The fourth-order valence-electron chi connectivity index (χ4n) is 3.50. The van der Waals surface area contributed by atoms with Crippen molar-refractivity contribution in [2.24, 2.45) is 11.8 Å². The summed E-state index contributed by atoms with van der Waals surface area (Å²) in [5.41, 5.74) is 2.57. The van der Waals surface area contributed by atoms with Crippen LogP contribution in [0.2, 0.25) is 0 Å². The summed E-state index contributed by atoms with van der Waals surface area (Å²) in [4.78, 5) is 15.0. The number of hydrogen-bond acceptors (Lipinski definition) is 3. The molecular weight excluding hydrogens is 336 g/mol. The smallest absolute Gasteiger partial charge is 0.225 e. The van der Waals surface area contributed by atoms with Crippen molar-refractivity contribution in [1.82, 2.24) is 10.2 Å². The van der Waals surface area contributed by atoms with Crippen molar-refractivity contribution in [3.05, 3.63) is 35.4 Å². The topological polar surface area (TPSA) is 41.6 Å². The van der Waals surface area contributed by atoms with Gasteiger partial charge in [-0.05, 0) is 50.8 Å². The number of carbonyl (C=O) groups is 1. The highest BCUT2D eigenvalue weighted by Crippen LogP contribution is 2.21. The minimum absolute atomic E-state index is 0. The predicted molar refractivity (Wildman–Crippen MR) is 103 cm³/mol. The number of rotatable bonds is 7. The number of carbonyl (C=O) groups excluding carboxylic acids is 1. The van der Waals surface area contributed by atoms with Crippen molar-refractivity contribution in [2.45, 2.75) is 39.2 Å². The van der Waals surface area contributed by atoms with Crippen LogP contribution in [0.4, 0.5) is 0 Å². The molecule has 1 N–H and O–H groups in total. The summed E-state index contributed by atoms with van der Waals surface area (Å²) in [6.45, 7) is 8.50. The van der Waals surface area contributed by atoms with Gasteiger partial charge in [-0.3, -0.25) is 4.79 Å². The molecule has 0 aromatic heterocycles. The average Bonchev–Trinajstić information content (AvgIpc) is 3.03. The van der Waals surface area contributed by atoms with E-state index in [1.165, 1.54) is 11.1 Å². The number of aryl methyl sites for hydroxylation is 1. The molecule has 2 aliphatic rings. The van der Waals surface area contributed by atoms with Crippen LogP contribution in [-0.2, 0) is 16.0 Å². The maximum absolute atomic E-state index is 13.0. The lowest BCUT2D eigenvalue weighted by Gasteiger charge is -2.36. The molecule has 2 atom stereocenters. The molecule has 0 radical (unpaired) electrons. The molecule has 2 aliphatic heterocycles. The summed E-state index contributed by atoms with van der Waals surface area (Å²) in [5, 5.41) is 3.28. The summed E-state index contributed by atoms with van der Waals surface area (Å²) in [7, 11) is 0.